The average Bonchev–Trinajstić information content (AvgIpc) is 2.67. The van der Waals surface area contributed by atoms with E-state index in [1.807, 2.05) is 6.07 Å². The molecule has 0 aliphatic rings. The van der Waals surface area contributed by atoms with Gasteiger partial charge in [-0.1, -0.05) is 5.21 Å². The van der Waals surface area contributed by atoms with Crippen molar-refractivity contribution in [3.05, 3.63) is 11.4 Å². The molecule has 100 valence electrons. The molecule has 1 atom stereocenters. The Balaban J connectivity index is 3.07. The van der Waals surface area contributed by atoms with Crippen LogP contribution in [0, 0.1) is 11.3 Å². The second-order valence-electron chi connectivity index (χ2n) is 3.72. The van der Waals surface area contributed by atoms with E-state index >= 15 is 0 Å². The fraction of sp³-hybridized carbons (Fsp3) is 0.700. The standard InChI is InChI=1S/C10H13F3N4O/c1-7(10(11,12)13)17-9(4-6-18-2)8(3-5-14)15-16-17/h7H,3-4,6H2,1-2H3. The molecule has 1 aromatic heterocycles. The molecule has 5 nitrogen and oxygen atoms in total. The minimum atomic E-state index is -4.40. The maximum atomic E-state index is 12.6. The summed E-state index contributed by atoms with van der Waals surface area (Å²) in [7, 11) is 1.45. The van der Waals surface area contributed by atoms with E-state index in [1.165, 1.54) is 7.11 Å². The molecule has 0 fully saturated rings. The van der Waals surface area contributed by atoms with E-state index in [-0.39, 0.29) is 25.1 Å². The molecule has 0 radical (unpaired) electrons. The van der Waals surface area contributed by atoms with E-state index < -0.39 is 12.2 Å². The molecule has 0 bridgehead atoms. The zero-order valence-corrected chi connectivity index (χ0v) is 10.0. The van der Waals surface area contributed by atoms with Gasteiger partial charge >= 0.3 is 6.18 Å². The van der Waals surface area contributed by atoms with Gasteiger partial charge in [0, 0.05) is 13.5 Å². The highest BCUT2D eigenvalue weighted by Gasteiger charge is 2.39. The number of halogens is 3. The largest absolute Gasteiger partial charge is 0.410 e. The van der Waals surface area contributed by atoms with E-state index in [0.29, 0.717) is 5.69 Å². The molecule has 1 aromatic rings. The minimum Gasteiger partial charge on any atom is -0.384 e. The van der Waals surface area contributed by atoms with Crippen molar-refractivity contribution in [2.75, 3.05) is 13.7 Å². The van der Waals surface area contributed by atoms with Crippen LogP contribution in [0.2, 0.25) is 0 Å². The van der Waals surface area contributed by atoms with Crippen LogP contribution in [-0.4, -0.2) is 34.9 Å². The number of hydrogen-bond donors (Lipinski definition) is 0. The molecule has 0 spiro atoms. The van der Waals surface area contributed by atoms with Crippen molar-refractivity contribution >= 4 is 0 Å². The molecule has 0 saturated heterocycles. The van der Waals surface area contributed by atoms with Crippen LogP contribution in [0.4, 0.5) is 13.2 Å². The van der Waals surface area contributed by atoms with Gasteiger partial charge in [-0.25, -0.2) is 4.68 Å². The molecule has 0 N–H and O–H groups in total. The van der Waals surface area contributed by atoms with Gasteiger partial charge in [-0.2, -0.15) is 18.4 Å². The van der Waals surface area contributed by atoms with E-state index in [2.05, 4.69) is 10.3 Å². The smallest absolute Gasteiger partial charge is 0.384 e. The molecule has 0 aliphatic heterocycles. The number of rotatable bonds is 5. The highest BCUT2D eigenvalue weighted by Crippen LogP contribution is 2.30. The molecule has 0 aliphatic carbocycles. The lowest BCUT2D eigenvalue weighted by molar-refractivity contribution is -0.166. The summed E-state index contributed by atoms with van der Waals surface area (Å²) >= 11 is 0. The monoisotopic (exact) mass is 262 g/mol. The maximum Gasteiger partial charge on any atom is 0.410 e. The van der Waals surface area contributed by atoms with Crippen molar-refractivity contribution in [1.29, 1.82) is 5.26 Å². The van der Waals surface area contributed by atoms with Gasteiger partial charge in [-0.15, -0.1) is 5.10 Å². The lowest BCUT2D eigenvalue weighted by Gasteiger charge is -2.18. The van der Waals surface area contributed by atoms with Crippen molar-refractivity contribution in [2.45, 2.75) is 32.0 Å². The first-order valence-electron chi connectivity index (χ1n) is 5.27. The van der Waals surface area contributed by atoms with Gasteiger partial charge in [0.1, 0.15) is 11.7 Å². The molecular weight excluding hydrogens is 249 g/mol. The fourth-order valence-electron chi connectivity index (χ4n) is 1.47. The zero-order valence-electron chi connectivity index (χ0n) is 10.0. The molecule has 1 heterocycles. The van der Waals surface area contributed by atoms with Crippen molar-refractivity contribution in [1.82, 2.24) is 15.0 Å². The van der Waals surface area contributed by atoms with Crippen LogP contribution in [0.5, 0.6) is 0 Å². The Bertz CT molecular complexity index is 435. The summed E-state index contributed by atoms with van der Waals surface area (Å²) < 4.78 is 43.6. The first kappa shape index (κ1) is 14.4. The number of methoxy groups -OCH3 is 1. The predicted octanol–water partition coefficient (Wildman–Crippen LogP) is 1.66. The SMILES string of the molecule is COCCc1c(CC#N)nnn1C(C)C(F)(F)F. The molecule has 0 saturated carbocycles. The summed E-state index contributed by atoms with van der Waals surface area (Å²) in [4.78, 5) is 0. The zero-order chi connectivity index (χ0) is 13.8. The third kappa shape index (κ3) is 3.20. The first-order chi connectivity index (χ1) is 8.41. The topological polar surface area (TPSA) is 63.7 Å². The van der Waals surface area contributed by atoms with Crippen LogP contribution >= 0.6 is 0 Å². The Labute approximate surface area is 102 Å². The second-order valence-corrected chi connectivity index (χ2v) is 3.72. The summed E-state index contributed by atoms with van der Waals surface area (Å²) in [5.74, 6) is 0. The van der Waals surface area contributed by atoms with Gasteiger partial charge < -0.3 is 4.74 Å². The molecule has 1 rings (SSSR count). The summed E-state index contributed by atoms with van der Waals surface area (Å²) in [6, 6.07) is 0.0801. The first-order valence-corrected chi connectivity index (χ1v) is 5.27. The Morgan fingerprint density at radius 1 is 1.50 bits per heavy atom. The second kappa shape index (κ2) is 5.82. The summed E-state index contributed by atoms with van der Waals surface area (Å²) in [6.07, 6.45) is -4.23. The summed E-state index contributed by atoms with van der Waals surface area (Å²) in [5, 5.41) is 15.7. The van der Waals surface area contributed by atoms with Gasteiger partial charge in [0.05, 0.1) is 24.8 Å². The Morgan fingerprint density at radius 3 is 2.67 bits per heavy atom. The molecule has 1 unspecified atom stereocenters. The Hall–Kier alpha value is -1.62. The Kier molecular flexibility index (Phi) is 4.67. The van der Waals surface area contributed by atoms with Gasteiger partial charge in [0.25, 0.3) is 0 Å². The third-order valence-corrected chi connectivity index (χ3v) is 2.50. The van der Waals surface area contributed by atoms with Crippen molar-refractivity contribution in [3.63, 3.8) is 0 Å². The van der Waals surface area contributed by atoms with Crippen LogP contribution in [-0.2, 0) is 17.6 Å². The van der Waals surface area contributed by atoms with E-state index in [9.17, 15) is 13.2 Å². The normalized spacial score (nSPS) is 13.3. The van der Waals surface area contributed by atoms with Crippen LogP contribution < -0.4 is 0 Å². The van der Waals surface area contributed by atoms with E-state index in [1.54, 1.807) is 0 Å². The molecule has 8 heteroatoms. The third-order valence-electron chi connectivity index (χ3n) is 2.50. The number of nitriles is 1. The van der Waals surface area contributed by atoms with Gasteiger partial charge in [-0.3, -0.25) is 0 Å². The van der Waals surface area contributed by atoms with E-state index in [0.717, 1.165) is 11.6 Å². The quantitative estimate of drug-likeness (QED) is 0.809. The number of hydrogen-bond acceptors (Lipinski definition) is 4. The van der Waals surface area contributed by atoms with Crippen molar-refractivity contribution < 1.29 is 17.9 Å². The molecular formula is C10H13F3N4O. The lowest BCUT2D eigenvalue weighted by Crippen LogP contribution is -2.26. The van der Waals surface area contributed by atoms with Crippen molar-refractivity contribution in [3.8, 4) is 6.07 Å². The van der Waals surface area contributed by atoms with Gasteiger partial charge in [0.2, 0.25) is 0 Å². The summed E-state index contributed by atoms with van der Waals surface area (Å²) in [6.45, 7) is 1.25. The maximum absolute atomic E-state index is 12.6. The lowest BCUT2D eigenvalue weighted by atomic mass is 10.2. The molecule has 0 amide bonds. The van der Waals surface area contributed by atoms with Crippen LogP contribution in [0.15, 0.2) is 0 Å². The van der Waals surface area contributed by atoms with Crippen LogP contribution in [0.25, 0.3) is 0 Å². The molecule has 0 aromatic carbocycles. The number of ether oxygens (including phenoxy) is 1. The highest BCUT2D eigenvalue weighted by molar-refractivity contribution is 5.15. The van der Waals surface area contributed by atoms with E-state index in [4.69, 9.17) is 10.00 Å². The number of alkyl halides is 3. The van der Waals surface area contributed by atoms with Gasteiger partial charge in [0.15, 0.2) is 0 Å². The minimum absolute atomic E-state index is 0.0658. The van der Waals surface area contributed by atoms with Crippen LogP contribution in [0.3, 0.4) is 0 Å². The fourth-order valence-corrected chi connectivity index (χ4v) is 1.47. The van der Waals surface area contributed by atoms with Gasteiger partial charge in [-0.05, 0) is 6.92 Å². The van der Waals surface area contributed by atoms with Crippen LogP contribution in [0.1, 0.15) is 24.4 Å². The number of nitrogens with zero attached hydrogens (tertiary/aromatic N) is 4. The Morgan fingerprint density at radius 2 is 2.17 bits per heavy atom. The van der Waals surface area contributed by atoms with Crippen molar-refractivity contribution in [2.24, 2.45) is 0 Å². The molecule has 18 heavy (non-hydrogen) atoms. The highest BCUT2D eigenvalue weighted by atomic mass is 19.4. The number of aromatic nitrogens is 3. The average molecular weight is 262 g/mol. The summed E-state index contributed by atoms with van der Waals surface area (Å²) in [5.41, 5.74) is 0.564. The predicted molar refractivity (Wildman–Crippen MR) is 55.7 cm³/mol.